The van der Waals surface area contributed by atoms with Crippen LogP contribution in [0.2, 0.25) is 0 Å². The van der Waals surface area contributed by atoms with E-state index in [9.17, 15) is 9.59 Å². The summed E-state index contributed by atoms with van der Waals surface area (Å²) in [6, 6.07) is 7.80. The van der Waals surface area contributed by atoms with Gasteiger partial charge in [-0.3, -0.25) is 9.78 Å². The summed E-state index contributed by atoms with van der Waals surface area (Å²) in [5.41, 5.74) is 3.28. The largest absolute Gasteiger partial charge is 0.464 e. The molecule has 0 atom stereocenters. The van der Waals surface area contributed by atoms with E-state index in [0.29, 0.717) is 35.9 Å². The Morgan fingerprint density at radius 1 is 1.08 bits per heavy atom. The van der Waals surface area contributed by atoms with Crippen LogP contribution in [0.25, 0.3) is 11.0 Å². The lowest BCUT2D eigenvalue weighted by Crippen LogP contribution is -2.29. The molecule has 2 N–H and O–H groups in total. The fourth-order valence-electron chi connectivity index (χ4n) is 5.30. The summed E-state index contributed by atoms with van der Waals surface area (Å²) >= 11 is 0. The number of aryl methyl sites for hydroxylation is 2. The molecule has 36 heavy (non-hydrogen) atoms. The van der Waals surface area contributed by atoms with E-state index in [0.717, 1.165) is 42.6 Å². The number of nitrogens with one attached hydrogen (secondary N) is 2. The molecule has 0 radical (unpaired) electrons. The van der Waals surface area contributed by atoms with Crippen molar-refractivity contribution in [3.8, 4) is 0 Å². The quantitative estimate of drug-likeness (QED) is 0.401. The molecule has 2 fully saturated rings. The SMILES string of the molecule is COC(=O)c1c(NC(=O)C2CCC2)c2cc(NCC3CCCCC3)cnc2n1CCc1ccccn1. The Kier molecular flexibility index (Phi) is 7.49. The Labute approximate surface area is 211 Å². The first-order valence-electron chi connectivity index (χ1n) is 13.2. The maximum absolute atomic E-state index is 13.0. The molecule has 3 aromatic rings. The highest BCUT2D eigenvalue weighted by Crippen LogP contribution is 2.35. The summed E-state index contributed by atoms with van der Waals surface area (Å²) in [7, 11) is 1.37. The minimum Gasteiger partial charge on any atom is -0.464 e. The van der Waals surface area contributed by atoms with Crippen LogP contribution >= 0.6 is 0 Å². The van der Waals surface area contributed by atoms with Gasteiger partial charge in [-0.25, -0.2) is 9.78 Å². The average molecular weight is 490 g/mol. The van der Waals surface area contributed by atoms with Crippen molar-refractivity contribution in [3.05, 3.63) is 48.0 Å². The predicted molar refractivity (Wildman–Crippen MR) is 140 cm³/mol. The second kappa shape index (κ2) is 11.1. The van der Waals surface area contributed by atoms with Gasteiger partial charge < -0.3 is 19.9 Å². The second-order valence-electron chi connectivity index (χ2n) is 10.0. The van der Waals surface area contributed by atoms with Crippen LogP contribution in [0, 0.1) is 11.8 Å². The molecule has 0 aliphatic heterocycles. The summed E-state index contributed by atoms with van der Waals surface area (Å²) in [5.74, 6) is 0.120. The molecule has 5 rings (SSSR count). The van der Waals surface area contributed by atoms with E-state index >= 15 is 0 Å². The number of anilines is 2. The van der Waals surface area contributed by atoms with Gasteiger partial charge in [0.25, 0.3) is 0 Å². The average Bonchev–Trinajstić information content (AvgIpc) is 3.18. The van der Waals surface area contributed by atoms with Crippen molar-refractivity contribution in [2.45, 2.75) is 64.3 Å². The van der Waals surface area contributed by atoms with Crippen LogP contribution < -0.4 is 10.6 Å². The van der Waals surface area contributed by atoms with Crippen LogP contribution in [0.15, 0.2) is 36.7 Å². The van der Waals surface area contributed by atoms with Gasteiger partial charge in [0.2, 0.25) is 5.91 Å². The van der Waals surface area contributed by atoms with Crippen LogP contribution in [0.4, 0.5) is 11.4 Å². The Hall–Kier alpha value is -3.42. The Bertz CT molecular complexity index is 1210. The van der Waals surface area contributed by atoms with Gasteiger partial charge in [-0.2, -0.15) is 0 Å². The number of carbonyl (C=O) groups excluding carboxylic acids is 2. The third-order valence-corrected chi connectivity index (χ3v) is 7.64. The molecule has 0 aromatic carbocycles. The zero-order chi connectivity index (χ0) is 24.9. The lowest BCUT2D eigenvalue weighted by atomic mass is 9.85. The van der Waals surface area contributed by atoms with Gasteiger partial charge in [-0.15, -0.1) is 0 Å². The van der Waals surface area contributed by atoms with Crippen LogP contribution in [0.1, 0.15) is 67.5 Å². The molecular weight excluding hydrogens is 454 g/mol. The maximum Gasteiger partial charge on any atom is 0.356 e. The monoisotopic (exact) mass is 489 g/mol. The molecule has 0 saturated heterocycles. The number of carbonyl (C=O) groups is 2. The number of ether oxygens (including phenoxy) is 1. The Balaban J connectivity index is 1.50. The Morgan fingerprint density at radius 3 is 2.61 bits per heavy atom. The summed E-state index contributed by atoms with van der Waals surface area (Å²) in [6.45, 7) is 1.39. The van der Waals surface area contributed by atoms with E-state index in [1.54, 1.807) is 6.20 Å². The van der Waals surface area contributed by atoms with Crippen molar-refractivity contribution in [2.75, 3.05) is 24.3 Å². The van der Waals surface area contributed by atoms with Gasteiger partial charge in [0.1, 0.15) is 5.65 Å². The van der Waals surface area contributed by atoms with E-state index in [4.69, 9.17) is 9.72 Å². The molecule has 8 heteroatoms. The van der Waals surface area contributed by atoms with Gasteiger partial charge in [0, 0.05) is 42.7 Å². The first-order valence-corrected chi connectivity index (χ1v) is 13.2. The highest BCUT2D eigenvalue weighted by Gasteiger charge is 2.30. The number of pyridine rings is 2. The summed E-state index contributed by atoms with van der Waals surface area (Å²) in [5, 5.41) is 7.38. The fraction of sp³-hybridized carbons (Fsp3) is 0.500. The summed E-state index contributed by atoms with van der Waals surface area (Å²) in [4.78, 5) is 35.2. The normalized spacial score (nSPS) is 16.5. The molecule has 0 unspecified atom stereocenters. The number of aromatic nitrogens is 3. The first-order chi connectivity index (χ1) is 17.6. The molecule has 1 amide bonds. The number of hydrogen-bond donors (Lipinski definition) is 2. The van der Waals surface area contributed by atoms with Gasteiger partial charge in [0.05, 0.1) is 24.7 Å². The van der Waals surface area contributed by atoms with E-state index in [1.807, 2.05) is 35.0 Å². The zero-order valence-corrected chi connectivity index (χ0v) is 21.0. The lowest BCUT2D eigenvalue weighted by Gasteiger charge is -2.24. The van der Waals surface area contributed by atoms with E-state index in [1.165, 1.54) is 39.2 Å². The lowest BCUT2D eigenvalue weighted by molar-refractivity contribution is -0.122. The fourth-order valence-corrected chi connectivity index (χ4v) is 5.30. The molecule has 2 aliphatic rings. The topological polar surface area (TPSA) is 98.1 Å². The van der Waals surface area contributed by atoms with Crippen molar-refractivity contribution in [2.24, 2.45) is 11.8 Å². The van der Waals surface area contributed by atoms with Crippen molar-refractivity contribution in [1.82, 2.24) is 14.5 Å². The molecule has 0 bridgehead atoms. The van der Waals surface area contributed by atoms with Crippen LogP contribution in [-0.2, 0) is 22.5 Å². The van der Waals surface area contributed by atoms with Gasteiger partial charge >= 0.3 is 5.97 Å². The number of hydrogen-bond acceptors (Lipinski definition) is 6. The molecular formula is C28H35N5O3. The number of amides is 1. The molecule has 8 nitrogen and oxygen atoms in total. The number of fused-ring (bicyclic) bond motifs is 1. The summed E-state index contributed by atoms with van der Waals surface area (Å²) in [6.07, 6.45) is 13.4. The number of rotatable bonds is 9. The van der Waals surface area contributed by atoms with Crippen LogP contribution in [0.3, 0.4) is 0 Å². The van der Waals surface area contributed by atoms with Crippen molar-refractivity contribution in [1.29, 1.82) is 0 Å². The number of nitrogens with zero attached hydrogens (tertiary/aromatic N) is 3. The minimum atomic E-state index is -0.491. The smallest absolute Gasteiger partial charge is 0.356 e. The van der Waals surface area contributed by atoms with E-state index < -0.39 is 5.97 Å². The van der Waals surface area contributed by atoms with Crippen LogP contribution in [0.5, 0.6) is 0 Å². The predicted octanol–water partition coefficient (Wildman–Crippen LogP) is 5.19. The van der Waals surface area contributed by atoms with Crippen molar-refractivity contribution < 1.29 is 14.3 Å². The highest BCUT2D eigenvalue weighted by atomic mass is 16.5. The molecule has 3 heterocycles. The minimum absolute atomic E-state index is 0.0111. The first kappa shape index (κ1) is 24.3. The molecule has 3 aromatic heterocycles. The van der Waals surface area contributed by atoms with Gasteiger partial charge in [-0.1, -0.05) is 31.7 Å². The van der Waals surface area contributed by atoms with E-state index in [-0.39, 0.29) is 11.8 Å². The molecule has 2 aliphatic carbocycles. The van der Waals surface area contributed by atoms with Gasteiger partial charge in [0.15, 0.2) is 5.69 Å². The standard InChI is InChI=1S/C28H35N5O3/c1-36-28(35)25-24(32-27(34)20-10-7-11-20)23-16-22(30-17-19-8-3-2-4-9-19)18-31-26(23)33(25)15-13-21-12-5-6-14-29-21/h5-6,12,14,16,18-20,30H,2-4,7-11,13,15,17H2,1H3,(H,32,34). The second-order valence-corrected chi connectivity index (χ2v) is 10.0. The molecule has 2 saturated carbocycles. The number of esters is 1. The zero-order valence-electron chi connectivity index (χ0n) is 21.0. The Morgan fingerprint density at radius 2 is 1.92 bits per heavy atom. The maximum atomic E-state index is 13.0. The molecule has 0 spiro atoms. The van der Waals surface area contributed by atoms with E-state index in [2.05, 4.69) is 15.6 Å². The molecule has 190 valence electrons. The highest BCUT2D eigenvalue weighted by molar-refractivity contribution is 6.11. The van der Waals surface area contributed by atoms with Crippen LogP contribution in [-0.4, -0.2) is 40.1 Å². The third kappa shape index (κ3) is 5.22. The number of methoxy groups -OCH3 is 1. The van der Waals surface area contributed by atoms with Gasteiger partial charge in [-0.05, 0) is 49.8 Å². The summed E-state index contributed by atoms with van der Waals surface area (Å²) < 4.78 is 7.03. The third-order valence-electron chi connectivity index (χ3n) is 7.64. The van der Waals surface area contributed by atoms with Crippen molar-refractivity contribution in [3.63, 3.8) is 0 Å². The van der Waals surface area contributed by atoms with Crippen molar-refractivity contribution >= 4 is 34.3 Å².